The fourth-order valence-electron chi connectivity index (χ4n) is 1.80. The van der Waals surface area contributed by atoms with Crippen LogP contribution in [0.4, 0.5) is 0 Å². The first-order valence-electron chi connectivity index (χ1n) is 5.98. The summed E-state index contributed by atoms with van der Waals surface area (Å²) in [7, 11) is 1.93. The quantitative estimate of drug-likeness (QED) is 0.800. The molecule has 100 valence electrons. The minimum atomic E-state index is 0.774. The molecule has 0 aliphatic carbocycles. The van der Waals surface area contributed by atoms with E-state index >= 15 is 0 Å². The minimum absolute atomic E-state index is 0.774. The summed E-state index contributed by atoms with van der Waals surface area (Å²) < 4.78 is 7.12. The maximum atomic E-state index is 6.06. The third-order valence-electron chi connectivity index (χ3n) is 2.68. The molecule has 2 aromatic rings. The van der Waals surface area contributed by atoms with Crippen LogP contribution in [0.2, 0.25) is 0 Å². The second kappa shape index (κ2) is 6.98. The molecule has 0 saturated carbocycles. The van der Waals surface area contributed by atoms with Crippen LogP contribution < -0.4 is 10.1 Å². The van der Waals surface area contributed by atoms with E-state index in [-0.39, 0.29) is 0 Å². The van der Waals surface area contributed by atoms with Gasteiger partial charge in [-0.05, 0) is 43.6 Å². The first-order chi connectivity index (χ1) is 9.24. The Labute approximate surface area is 126 Å². The number of ether oxygens (including phenoxy) is 1. The third kappa shape index (κ3) is 3.75. The Hall–Kier alpha value is -0.970. The predicted molar refractivity (Wildman–Crippen MR) is 85.2 cm³/mol. The lowest BCUT2D eigenvalue weighted by molar-refractivity contribution is 0.463. The SMILES string of the molecule is CNCc1cc(Br)ccc1Oc1ccccc1SC. The first-order valence-corrected chi connectivity index (χ1v) is 8.00. The Morgan fingerprint density at radius 1 is 1.16 bits per heavy atom. The molecule has 0 amide bonds. The van der Waals surface area contributed by atoms with E-state index in [4.69, 9.17) is 4.74 Å². The van der Waals surface area contributed by atoms with Gasteiger partial charge in [0, 0.05) is 21.5 Å². The highest BCUT2D eigenvalue weighted by Gasteiger charge is 2.08. The zero-order valence-electron chi connectivity index (χ0n) is 10.9. The summed E-state index contributed by atoms with van der Waals surface area (Å²) in [6.07, 6.45) is 2.05. The highest BCUT2D eigenvalue weighted by Crippen LogP contribution is 2.33. The predicted octanol–water partition coefficient (Wildman–Crippen LogP) is 4.68. The molecule has 4 heteroatoms. The van der Waals surface area contributed by atoms with Gasteiger partial charge in [0.1, 0.15) is 11.5 Å². The zero-order chi connectivity index (χ0) is 13.7. The lowest BCUT2D eigenvalue weighted by Crippen LogP contribution is -2.06. The van der Waals surface area contributed by atoms with Gasteiger partial charge in [-0.25, -0.2) is 0 Å². The van der Waals surface area contributed by atoms with E-state index in [1.807, 2.05) is 37.4 Å². The molecule has 0 radical (unpaired) electrons. The number of halogens is 1. The Bertz CT molecular complexity index is 560. The Balaban J connectivity index is 2.32. The topological polar surface area (TPSA) is 21.3 Å². The summed E-state index contributed by atoms with van der Waals surface area (Å²) in [5.74, 6) is 1.79. The first kappa shape index (κ1) is 14.4. The molecule has 0 fully saturated rings. The van der Waals surface area contributed by atoms with Crippen molar-refractivity contribution < 1.29 is 4.74 Å². The normalized spacial score (nSPS) is 10.5. The van der Waals surface area contributed by atoms with Gasteiger partial charge in [0.05, 0.1) is 0 Å². The lowest BCUT2D eigenvalue weighted by Gasteiger charge is -2.13. The van der Waals surface area contributed by atoms with E-state index < -0.39 is 0 Å². The van der Waals surface area contributed by atoms with Crippen molar-refractivity contribution in [2.24, 2.45) is 0 Å². The van der Waals surface area contributed by atoms with Crippen LogP contribution in [0, 0.1) is 0 Å². The number of para-hydroxylation sites is 1. The van der Waals surface area contributed by atoms with Gasteiger partial charge in [-0.15, -0.1) is 11.8 Å². The summed E-state index contributed by atoms with van der Waals surface area (Å²) in [5, 5.41) is 3.16. The number of rotatable bonds is 5. The molecule has 0 atom stereocenters. The van der Waals surface area contributed by atoms with Gasteiger partial charge in [-0.1, -0.05) is 28.1 Å². The van der Waals surface area contributed by atoms with E-state index in [2.05, 4.69) is 39.6 Å². The summed E-state index contributed by atoms with van der Waals surface area (Å²) in [5.41, 5.74) is 1.13. The molecule has 0 aromatic heterocycles. The number of hydrogen-bond donors (Lipinski definition) is 1. The smallest absolute Gasteiger partial charge is 0.140 e. The van der Waals surface area contributed by atoms with Crippen LogP contribution in [-0.4, -0.2) is 13.3 Å². The number of thioether (sulfide) groups is 1. The van der Waals surface area contributed by atoms with Gasteiger partial charge in [-0.2, -0.15) is 0 Å². The molecular weight excluding hydrogens is 322 g/mol. The highest BCUT2D eigenvalue weighted by atomic mass is 79.9. The van der Waals surface area contributed by atoms with Crippen molar-refractivity contribution in [1.82, 2.24) is 5.32 Å². The average Bonchev–Trinajstić information content (AvgIpc) is 2.43. The van der Waals surface area contributed by atoms with Gasteiger partial charge < -0.3 is 10.1 Å². The summed E-state index contributed by atoms with van der Waals surface area (Å²) in [6.45, 7) is 0.774. The number of benzene rings is 2. The molecule has 0 saturated heterocycles. The largest absolute Gasteiger partial charge is 0.456 e. The monoisotopic (exact) mass is 337 g/mol. The van der Waals surface area contributed by atoms with Crippen LogP contribution in [0.3, 0.4) is 0 Å². The van der Waals surface area contributed by atoms with Crippen LogP contribution in [-0.2, 0) is 6.54 Å². The van der Waals surface area contributed by atoms with Gasteiger partial charge in [0.2, 0.25) is 0 Å². The molecule has 2 aromatic carbocycles. The molecule has 0 bridgehead atoms. The zero-order valence-corrected chi connectivity index (χ0v) is 13.3. The molecule has 0 aliphatic rings. The molecule has 0 unspecified atom stereocenters. The molecule has 0 spiro atoms. The molecule has 0 aliphatic heterocycles. The third-order valence-corrected chi connectivity index (χ3v) is 3.95. The maximum absolute atomic E-state index is 6.06. The van der Waals surface area contributed by atoms with Crippen molar-refractivity contribution in [2.45, 2.75) is 11.4 Å². The van der Waals surface area contributed by atoms with Crippen LogP contribution in [0.15, 0.2) is 51.8 Å². The second-order valence-electron chi connectivity index (χ2n) is 4.04. The Morgan fingerprint density at radius 3 is 2.68 bits per heavy atom. The lowest BCUT2D eigenvalue weighted by atomic mass is 10.2. The fourth-order valence-corrected chi connectivity index (χ4v) is 2.73. The highest BCUT2D eigenvalue weighted by molar-refractivity contribution is 9.10. The fraction of sp³-hybridized carbons (Fsp3) is 0.200. The maximum Gasteiger partial charge on any atom is 0.140 e. The molecule has 2 nitrogen and oxygen atoms in total. The molecule has 0 heterocycles. The average molecular weight is 338 g/mol. The van der Waals surface area contributed by atoms with Crippen molar-refractivity contribution in [1.29, 1.82) is 0 Å². The molecule has 2 rings (SSSR count). The van der Waals surface area contributed by atoms with Crippen molar-refractivity contribution in [3.63, 3.8) is 0 Å². The molecule has 19 heavy (non-hydrogen) atoms. The number of nitrogens with one attached hydrogen (secondary N) is 1. The minimum Gasteiger partial charge on any atom is -0.456 e. The van der Waals surface area contributed by atoms with Crippen molar-refractivity contribution in [3.05, 3.63) is 52.5 Å². The standard InChI is InChI=1S/C15H16BrNOS/c1-17-10-11-9-12(16)7-8-13(11)18-14-5-3-4-6-15(14)19-2/h3-9,17H,10H2,1-2H3. The van der Waals surface area contributed by atoms with Crippen molar-refractivity contribution in [3.8, 4) is 11.5 Å². The van der Waals surface area contributed by atoms with Gasteiger partial charge in [0.25, 0.3) is 0 Å². The summed E-state index contributed by atoms with van der Waals surface area (Å²) in [4.78, 5) is 1.14. The second-order valence-corrected chi connectivity index (χ2v) is 5.80. The summed E-state index contributed by atoms with van der Waals surface area (Å²) in [6, 6.07) is 14.1. The summed E-state index contributed by atoms with van der Waals surface area (Å²) >= 11 is 5.18. The van der Waals surface area contributed by atoms with Gasteiger partial charge in [0.15, 0.2) is 0 Å². The molecule has 1 N–H and O–H groups in total. The van der Waals surface area contributed by atoms with E-state index in [1.54, 1.807) is 11.8 Å². The van der Waals surface area contributed by atoms with Crippen LogP contribution in [0.25, 0.3) is 0 Å². The van der Waals surface area contributed by atoms with E-state index in [0.29, 0.717) is 0 Å². The Morgan fingerprint density at radius 2 is 1.95 bits per heavy atom. The Kier molecular flexibility index (Phi) is 5.31. The molecular formula is C15H16BrNOS. The van der Waals surface area contributed by atoms with Crippen LogP contribution >= 0.6 is 27.7 Å². The van der Waals surface area contributed by atoms with E-state index in [1.165, 1.54) is 0 Å². The van der Waals surface area contributed by atoms with Crippen molar-refractivity contribution in [2.75, 3.05) is 13.3 Å². The van der Waals surface area contributed by atoms with Gasteiger partial charge in [-0.3, -0.25) is 0 Å². The van der Waals surface area contributed by atoms with Crippen LogP contribution in [0.1, 0.15) is 5.56 Å². The van der Waals surface area contributed by atoms with E-state index in [9.17, 15) is 0 Å². The van der Waals surface area contributed by atoms with Crippen LogP contribution in [0.5, 0.6) is 11.5 Å². The van der Waals surface area contributed by atoms with E-state index in [0.717, 1.165) is 33.0 Å². The number of hydrogen-bond acceptors (Lipinski definition) is 3. The van der Waals surface area contributed by atoms with Crippen molar-refractivity contribution >= 4 is 27.7 Å². The van der Waals surface area contributed by atoms with Gasteiger partial charge >= 0.3 is 0 Å².